The molecule has 4 unspecified atom stereocenters. The number of amides is 3. The highest BCUT2D eigenvalue weighted by atomic mass is 19.3. The van der Waals surface area contributed by atoms with Gasteiger partial charge in [-0.05, 0) is 69.3 Å². The monoisotopic (exact) mass is 423 g/mol. The predicted molar refractivity (Wildman–Crippen MR) is 104 cm³/mol. The van der Waals surface area contributed by atoms with Crippen molar-refractivity contribution in [2.45, 2.75) is 68.6 Å². The fraction of sp³-hybridized carbons (Fsp3) is 0.619. The normalized spacial score (nSPS) is 36.7. The first-order valence-corrected chi connectivity index (χ1v) is 10.2. The van der Waals surface area contributed by atoms with Crippen LogP contribution in [0.4, 0.5) is 13.6 Å². The minimum atomic E-state index is -2.53. The van der Waals surface area contributed by atoms with Crippen LogP contribution in [0.3, 0.4) is 0 Å². The molecular formula is C21H27F2N3O4. The van der Waals surface area contributed by atoms with Gasteiger partial charge in [0.25, 0.3) is 12.3 Å². The number of aryl methyl sites for hydroxylation is 1. The summed E-state index contributed by atoms with van der Waals surface area (Å²) in [6.45, 7) is 3.45. The summed E-state index contributed by atoms with van der Waals surface area (Å²) in [4.78, 5) is 26.2. The number of rotatable bonds is 3. The molecule has 7 nitrogen and oxygen atoms in total. The van der Waals surface area contributed by atoms with E-state index in [-0.39, 0.29) is 25.0 Å². The Kier molecular flexibility index (Phi) is 4.81. The van der Waals surface area contributed by atoms with Crippen LogP contribution in [0.5, 0.6) is 5.75 Å². The number of phenols is 1. The molecule has 1 aromatic carbocycles. The van der Waals surface area contributed by atoms with Gasteiger partial charge in [0, 0.05) is 11.5 Å². The number of hydrogen-bond acceptors (Lipinski definition) is 5. The Bertz CT molecular complexity index is 897. The maximum absolute atomic E-state index is 13.2. The van der Waals surface area contributed by atoms with Crippen molar-refractivity contribution in [3.05, 3.63) is 29.3 Å². The van der Waals surface area contributed by atoms with Crippen LogP contribution in [0.15, 0.2) is 18.2 Å². The van der Waals surface area contributed by atoms with E-state index in [1.54, 1.807) is 30.0 Å². The molecule has 30 heavy (non-hydrogen) atoms. The lowest BCUT2D eigenvalue weighted by atomic mass is 9.49. The van der Waals surface area contributed by atoms with E-state index in [0.717, 1.165) is 5.56 Å². The SMILES string of the molecule is Cc1ccc(O)cc1C12CCN(CC(F)F)C(C)C1(O)CCC1(C2)NC(=O)NC1=O. The van der Waals surface area contributed by atoms with Crippen LogP contribution in [0.1, 0.15) is 43.7 Å². The summed E-state index contributed by atoms with van der Waals surface area (Å²) in [6.07, 6.45) is -1.73. The van der Waals surface area contributed by atoms with Gasteiger partial charge in [-0.3, -0.25) is 15.0 Å². The molecule has 4 atom stereocenters. The predicted octanol–water partition coefficient (Wildman–Crippen LogP) is 1.79. The quantitative estimate of drug-likeness (QED) is 0.556. The zero-order valence-corrected chi connectivity index (χ0v) is 17.0. The van der Waals surface area contributed by atoms with Crippen LogP contribution in [0.25, 0.3) is 0 Å². The standard InChI is InChI=1S/C21H27F2N3O4/c1-12-3-4-14(27)9-15(12)19-7-8-26(10-16(22)23)13(2)21(19,30)6-5-20(11-19)17(28)24-18(29)25-20/h3-4,9,13,16,27,30H,5-8,10-11H2,1-2H3,(H2,24,25,28,29). The Hall–Kier alpha value is -2.26. The molecule has 3 aliphatic rings. The van der Waals surface area contributed by atoms with E-state index in [9.17, 15) is 28.6 Å². The van der Waals surface area contributed by atoms with Crippen molar-refractivity contribution in [1.82, 2.24) is 15.5 Å². The van der Waals surface area contributed by atoms with E-state index in [2.05, 4.69) is 10.6 Å². The topological polar surface area (TPSA) is 102 Å². The minimum Gasteiger partial charge on any atom is -0.508 e. The van der Waals surface area contributed by atoms with Crippen molar-refractivity contribution < 1.29 is 28.6 Å². The molecule has 9 heteroatoms. The fourth-order valence-corrected chi connectivity index (χ4v) is 5.99. The molecule has 1 aliphatic carbocycles. The van der Waals surface area contributed by atoms with Gasteiger partial charge in [0.05, 0.1) is 12.1 Å². The van der Waals surface area contributed by atoms with Gasteiger partial charge in [-0.1, -0.05) is 6.07 Å². The van der Waals surface area contributed by atoms with Gasteiger partial charge in [0.1, 0.15) is 11.3 Å². The van der Waals surface area contributed by atoms with Crippen LogP contribution < -0.4 is 10.6 Å². The number of likely N-dealkylation sites (tertiary alicyclic amines) is 1. The first-order chi connectivity index (χ1) is 14.0. The number of hydrogen-bond donors (Lipinski definition) is 4. The number of nitrogens with zero attached hydrogens (tertiary/aromatic N) is 1. The van der Waals surface area contributed by atoms with E-state index in [4.69, 9.17) is 0 Å². The number of aliphatic hydroxyl groups is 1. The number of benzene rings is 1. The molecule has 1 aromatic rings. The minimum absolute atomic E-state index is 0.0227. The molecule has 4 rings (SSSR count). The van der Waals surface area contributed by atoms with Gasteiger partial charge in [-0.25, -0.2) is 13.6 Å². The number of piperidine rings is 1. The number of phenolic OH excluding ortho intramolecular Hbond substituents is 1. The van der Waals surface area contributed by atoms with E-state index in [0.29, 0.717) is 18.5 Å². The van der Waals surface area contributed by atoms with Crippen molar-refractivity contribution >= 4 is 11.9 Å². The summed E-state index contributed by atoms with van der Waals surface area (Å²) >= 11 is 0. The van der Waals surface area contributed by atoms with Crippen LogP contribution in [-0.2, 0) is 10.2 Å². The Labute approximate surface area is 173 Å². The Balaban J connectivity index is 1.86. The third kappa shape index (κ3) is 2.90. The molecule has 0 aromatic heterocycles. The van der Waals surface area contributed by atoms with Gasteiger partial charge in [0.2, 0.25) is 0 Å². The molecule has 2 aliphatic heterocycles. The van der Waals surface area contributed by atoms with E-state index < -0.39 is 47.5 Å². The highest BCUT2D eigenvalue weighted by Gasteiger charge is 2.67. The number of aromatic hydroxyl groups is 1. The zero-order valence-electron chi connectivity index (χ0n) is 17.0. The van der Waals surface area contributed by atoms with Crippen LogP contribution in [0.2, 0.25) is 0 Å². The summed E-state index contributed by atoms with van der Waals surface area (Å²) < 4.78 is 26.3. The van der Waals surface area contributed by atoms with E-state index >= 15 is 0 Å². The molecule has 2 saturated heterocycles. The first kappa shape index (κ1) is 21.0. The molecule has 1 saturated carbocycles. The Morgan fingerprint density at radius 2 is 2.00 bits per heavy atom. The average Bonchev–Trinajstić information content (AvgIpc) is 2.94. The van der Waals surface area contributed by atoms with Crippen LogP contribution in [-0.4, -0.2) is 63.7 Å². The van der Waals surface area contributed by atoms with Crippen molar-refractivity contribution in [2.24, 2.45) is 0 Å². The second-order valence-corrected chi connectivity index (χ2v) is 8.98. The summed E-state index contributed by atoms with van der Waals surface area (Å²) in [7, 11) is 0. The van der Waals surface area contributed by atoms with Gasteiger partial charge < -0.3 is 15.5 Å². The molecular weight excluding hydrogens is 396 g/mol. The third-order valence-electron chi connectivity index (χ3n) is 7.55. The van der Waals surface area contributed by atoms with E-state index in [1.165, 1.54) is 0 Å². The number of fused-ring (bicyclic) bond motifs is 1. The number of halogens is 2. The van der Waals surface area contributed by atoms with Crippen molar-refractivity contribution in [3.63, 3.8) is 0 Å². The van der Waals surface area contributed by atoms with Crippen molar-refractivity contribution in [1.29, 1.82) is 0 Å². The summed E-state index contributed by atoms with van der Waals surface area (Å²) in [5.74, 6) is -0.413. The Morgan fingerprint density at radius 1 is 1.27 bits per heavy atom. The zero-order chi connectivity index (χ0) is 21.9. The lowest BCUT2D eigenvalue weighted by Gasteiger charge is -2.62. The number of carbonyl (C=O) groups is 2. The van der Waals surface area contributed by atoms with Crippen molar-refractivity contribution in [2.75, 3.05) is 13.1 Å². The first-order valence-electron chi connectivity index (χ1n) is 10.2. The average molecular weight is 423 g/mol. The fourth-order valence-electron chi connectivity index (χ4n) is 5.99. The smallest absolute Gasteiger partial charge is 0.322 e. The second-order valence-electron chi connectivity index (χ2n) is 8.98. The highest BCUT2D eigenvalue weighted by molar-refractivity contribution is 6.07. The largest absolute Gasteiger partial charge is 0.508 e. The van der Waals surface area contributed by atoms with Crippen LogP contribution in [0, 0.1) is 6.92 Å². The maximum atomic E-state index is 13.2. The molecule has 1 spiro atoms. The second kappa shape index (κ2) is 6.88. The number of alkyl halides is 2. The summed E-state index contributed by atoms with van der Waals surface area (Å²) in [6, 6.07) is 3.71. The maximum Gasteiger partial charge on any atom is 0.322 e. The van der Waals surface area contributed by atoms with Gasteiger partial charge in [-0.2, -0.15) is 0 Å². The third-order valence-corrected chi connectivity index (χ3v) is 7.55. The molecule has 0 radical (unpaired) electrons. The highest BCUT2D eigenvalue weighted by Crippen LogP contribution is 2.57. The molecule has 3 amide bonds. The molecule has 164 valence electrons. The van der Waals surface area contributed by atoms with Crippen LogP contribution >= 0.6 is 0 Å². The lowest BCUT2D eigenvalue weighted by molar-refractivity contribution is -0.174. The summed E-state index contributed by atoms with van der Waals surface area (Å²) in [5, 5.41) is 27.3. The molecule has 0 bridgehead atoms. The number of imide groups is 1. The van der Waals surface area contributed by atoms with Gasteiger partial charge >= 0.3 is 6.03 Å². The molecule has 2 heterocycles. The lowest BCUT2D eigenvalue weighted by Crippen LogP contribution is -2.73. The van der Waals surface area contributed by atoms with Gasteiger partial charge in [0.15, 0.2) is 0 Å². The number of urea groups is 1. The van der Waals surface area contributed by atoms with E-state index in [1.807, 2.05) is 6.92 Å². The number of nitrogens with one attached hydrogen (secondary N) is 2. The molecule has 3 fully saturated rings. The Morgan fingerprint density at radius 3 is 2.63 bits per heavy atom. The van der Waals surface area contributed by atoms with Crippen molar-refractivity contribution in [3.8, 4) is 5.75 Å². The molecule has 4 N–H and O–H groups in total. The number of carbonyl (C=O) groups excluding carboxylic acids is 2. The van der Waals surface area contributed by atoms with Gasteiger partial charge in [-0.15, -0.1) is 0 Å². The summed E-state index contributed by atoms with van der Waals surface area (Å²) in [5.41, 5.74) is -2.09.